The van der Waals surface area contributed by atoms with Crippen molar-refractivity contribution >= 4 is 58.4 Å². The molecule has 13 rings (SSSR count). The molecule has 0 unspecified atom stereocenters. The van der Waals surface area contributed by atoms with E-state index in [4.69, 9.17) is 0 Å². The quantitative estimate of drug-likeness (QED) is 0.127. The molecule has 0 radical (unpaired) electrons. The fourth-order valence-corrected chi connectivity index (χ4v) is 12.2. The van der Waals surface area contributed by atoms with Crippen LogP contribution in [-0.4, -0.2) is 19.9 Å². The Kier molecular flexibility index (Phi) is 10.8. The van der Waals surface area contributed by atoms with Crippen LogP contribution in [0.1, 0.15) is 97.2 Å². The number of aromatic nitrogens is 4. The smallest absolute Gasteiger partial charge is 0.0644 e. The maximum atomic E-state index is 4.45. The molecule has 0 fully saturated rings. The fourth-order valence-electron chi connectivity index (χ4n) is 12.2. The predicted octanol–water partition coefficient (Wildman–Crippen LogP) is 17.5. The summed E-state index contributed by atoms with van der Waals surface area (Å²) in [7, 11) is 0. The molecule has 0 saturated heterocycles. The Morgan fingerprint density at radius 1 is 0.280 bits per heavy atom. The van der Waals surface area contributed by atoms with Crippen molar-refractivity contribution in [2.75, 3.05) is 9.80 Å². The Labute approximate surface area is 440 Å². The summed E-state index contributed by atoms with van der Waals surface area (Å²) in [6.45, 7) is 14.1. The molecule has 0 amide bonds. The van der Waals surface area contributed by atoms with Crippen molar-refractivity contribution in [1.82, 2.24) is 19.9 Å². The first-order valence-electron chi connectivity index (χ1n) is 25.9. The van der Waals surface area contributed by atoms with Crippen LogP contribution >= 0.6 is 0 Å². The number of pyridine rings is 4. The lowest BCUT2D eigenvalue weighted by Crippen LogP contribution is -2.16. The van der Waals surface area contributed by atoms with Crippen LogP contribution in [-0.2, 0) is 16.2 Å². The standard InChI is InChI=1S/C69H56N6/c1-67(2)61-37-45(11-13-47-17-23-57-59-25-19-51(41-65(59)68(3,4)63(57)39-47)74(49-27-33-70-34-28-49)53-9-7-31-72-43-53)15-21-55(61)56-22-16-46(38-62(56)67)12-14-48-18-24-58-60-26-20-52(42-66(60)69(5,6)64(58)40-48)75(50-29-35-71-36-30-50)54-10-8-32-73-44-54/h7-44H,1-6H3/b13-11+,14-12+. The van der Waals surface area contributed by atoms with Crippen molar-refractivity contribution in [3.05, 3.63) is 263 Å². The van der Waals surface area contributed by atoms with E-state index in [0.717, 1.165) is 34.1 Å². The minimum Gasteiger partial charge on any atom is -0.309 e. The molecular weight excluding hydrogens is 913 g/mol. The van der Waals surface area contributed by atoms with Gasteiger partial charge in [-0.05, 0) is 162 Å². The summed E-state index contributed by atoms with van der Waals surface area (Å²) in [5.74, 6) is 0. The lowest BCUT2D eigenvalue weighted by Gasteiger charge is -2.27. The van der Waals surface area contributed by atoms with E-state index in [-0.39, 0.29) is 16.2 Å². The number of hydrogen-bond acceptors (Lipinski definition) is 6. The molecule has 3 aliphatic rings. The molecule has 0 atom stereocenters. The van der Waals surface area contributed by atoms with Gasteiger partial charge in [0.1, 0.15) is 0 Å². The summed E-state index contributed by atoms with van der Waals surface area (Å²) >= 11 is 0. The van der Waals surface area contributed by atoms with Crippen molar-refractivity contribution in [3.8, 4) is 33.4 Å². The van der Waals surface area contributed by atoms with Crippen molar-refractivity contribution in [1.29, 1.82) is 0 Å². The highest BCUT2D eigenvalue weighted by Gasteiger charge is 2.39. The minimum absolute atomic E-state index is 0.156. The maximum absolute atomic E-state index is 4.45. The van der Waals surface area contributed by atoms with Crippen molar-refractivity contribution in [3.63, 3.8) is 0 Å². The van der Waals surface area contributed by atoms with Crippen molar-refractivity contribution < 1.29 is 0 Å². The highest BCUT2D eigenvalue weighted by molar-refractivity contribution is 5.90. The van der Waals surface area contributed by atoms with Gasteiger partial charge in [0.15, 0.2) is 0 Å². The van der Waals surface area contributed by atoms with Crippen LogP contribution in [0.25, 0.3) is 57.7 Å². The van der Waals surface area contributed by atoms with Crippen molar-refractivity contribution in [2.45, 2.75) is 57.8 Å². The molecule has 6 nitrogen and oxygen atoms in total. The minimum atomic E-state index is -0.191. The molecular formula is C69H56N6. The molecule has 0 bridgehead atoms. The van der Waals surface area contributed by atoms with Crippen LogP contribution in [0.4, 0.5) is 34.1 Å². The van der Waals surface area contributed by atoms with E-state index in [1.807, 2.05) is 86.0 Å². The third kappa shape index (κ3) is 7.70. The largest absolute Gasteiger partial charge is 0.309 e. The van der Waals surface area contributed by atoms with E-state index in [0.29, 0.717) is 0 Å². The molecule has 0 N–H and O–H groups in total. The Hall–Kier alpha value is -9.00. The number of hydrogen-bond donors (Lipinski definition) is 0. The van der Waals surface area contributed by atoms with Gasteiger partial charge in [-0.1, -0.05) is 151 Å². The van der Waals surface area contributed by atoms with Gasteiger partial charge in [-0.25, -0.2) is 0 Å². The summed E-state index contributed by atoms with van der Waals surface area (Å²) in [6.07, 6.45) is 23.9. The summed E-state index contributed by atoms with van der Waals surface area (Å²) in [5.41, 5.74) is 26.4. The van der Waals surface area contributed by atoms with Crippen LogP contribution in [0.3, 0.4) is 0 Å². The third-order valence-electron chi connectivity index (χ3n) is 16.2. The van der Waals surface area contributed by atoms with E-state index in [9.17, 15) is 0 Å². The van der Waals surface area contributed by atoms with E-state index in [1.54, 1.807) is 0 Å². The van der Waals surface area contributed by atoms with Gasteiger partial charge in [0, 0.05) is 76.2 Å². The fraction of sp³-hybridized carbons (Fsp3) is 0.130. The molecule has 0 aliphatic heterocycles. The van der Waals surface area contributed by atoms with Gasteiger partial charge < -0.3 is 9.80 Å². The molecule has 3 aliphatic carbocycles. The molecule has 362 valence electrons. The first-order valence-corrected chi connectivity index (χ1v) is 25.9. The van der Waals surface area contributed by atoms with E-state index in [1.165, 1.54) is 89.0 Å². The topological polar surface area (TPSA) is 58.0 Å². The summed E-state index contributed by atoms with van der Waals surface area (Å²) in [6, 6.07) is 58.0. The van der Waals surface area contributed by atoms with Gasteiger partial charge in [0.2, 0.25) is 0 Å². The Morgan fingerprint density at radius 2 is 0.573 bits per heavy atom. The normalized spacial score (nSPS) is 14.7. The van der Waals surface area contributed by atoms with Crippen LogP contribution in [0.2, 0.25) is 0 Å². The Morgan fingerprint density at radius 3 is 0.867 bits per heavy atom. The zero-order valence-electron chi connectivity index (χ0n) is 43.1. The molecule has 75 heavy (non-hydrogen) atoms. The first kappa shape index (κ1) is 45.8. The highest BCUT2D eigenvalue weighted by atomic mass is 15.2. The zero-order chi connectivity index (χ0) is 51.1. The number of rotatable bonds is 10. The second-order valence-electron chi connectivity index (χ2n) is 21.7. The average molecular weight is 969 g/mol. The Bertz CT molecular complexity index is 3580. The maximum Gasteiger partial charge on any atom is 0.0644 e. The predicted molar refractivity (Wildman–Crippen MR) is 310 cm³/mol. The van der Waals surface area contributed by atoms with Crippen LogP contribution < -0.4 is 9.80 Å². The van der Waals surface area contributed by atoms with Crippen LogP contribution in [0.15, 0.2) is 207 Å². The molecule has 0 spiro atoms. The lowest BCUT2D eigenvalue weighted by atomic mass is 9.81. The van der Waals surface area contributed by atoms with Crippen LogP contribution in [0.5, 0.6) is 0 Å². The highest BCUT2D eigenvalue weighted by Crippen LogP contribution is 2.54. The third-order valence-corrected chi connectivity index (χ3v) is 16.2. The molecule has 0 saturated carbocycles. The van der Waals surface area contributed by atoms with Gasteiger partial charge in [0.25, 0.3) is 0 Å². The summed E-state index contributed by atoms with van der Waals surface area (Å²) < 4.78 is 0. The van der Waals surface area contributed by atoms with Gasteiger partial charge in [0.05, 0.1) is 23.8 Å². The summed E-state index contributed by atoms with van der Waals surface area (Å²) in [5, 5.41) is 0. The van der Waals surface area contributed by atoms with Crippen LogP contribution in [0, 0.1) is 0 Å². The summed E-state index contributed by atoms with van der Waals surface area (Å²) in [4.78, 5) is 22.0. The second-order valence-corrected chi connectivity index (χ2v) is 21.7. The molecule has 4 heterocycles. The van der Waals surface area contributed by atoms with Crippen molar-refractivity contribution in [2.24, 2.45) is 0 Å². The number of fused-ring (bicyclic) bond motifs is 9. The molecule has 10 aromatic rings. The zero-order valence-corrected chi connectivity index (χ0v) is 43.1. The van der Waals surface area contributed by atoms with Gasteiger partial charge in [-0.2, -0.15) is 0 Å². The first-order chi connectivity index (χ1) is 36.4. The average Bonchev–Trinajstić information content (AvgIpc) is 4.05. The van der Waals surface area contributed by atoms with Gasteiger partial charge in [-0.3, -0.25) is 19.9 Å². The number of benzene rings is 6. The SMILES string of the molecule is CC1(C)c2cc(/C=C/c3ccc4c(c3)C(C)(C)c3cc(N(c5ccncc5)c5cccnc5)ccc3-4)ccc2-c2ccc(/C=C/c3ccc4c(c3)C(C)(C)c3cc(N(c5ccncc5)c5cccnc5)ccc3-4)cc21. The molecule has 6 heteroatoms. The lowest BCUT2D eigenvalue weighted by molar-refractivity contribution is 0.660. The second kappa shape index (κ2) is 17.6. The van der Waals surface area contributed by atoms with E-state index in [2.05, 4.69) is 217 Å². The molecule has 6 aromatic carbocycles. The molecule has 4 aromatic heterocycles. The van der Waals surface area contributed by atoms with E-state index >= 15 is 0 Å². The Balaban J connectivity index is 0.731. The monoisotopic (exact) mass is 968 g/mol. The van der Waals surface area contributed by atoms with E-state index < -0.39 is 0 Å². The number of nitrogens with zero attached hydrogens (tertiary/aromatic N) is 6. The van der Waals surface area contributed by atoms with Gasteiger partial charge >= 0.3 is 0 Å². The van der Waals surface area contributed by atoms with Gasteiger partial charge in [-0.15, -0.1) is 0 Å². The number of anilines is 6.